The summed E-state index contributed by atoms with van der Waals surface area (Å²) < 4.78 is 1.06. The van der Waals surface area contributed by atoms with E-state index in [0.717, 1.165) is 10.3 Å². The molecule has 0 amide bonds. The molecule has 0 aliphatic heterocycles. The van der Waals surface area contributed by atoms with Crippen molar-refractivity contribution >= 4 is 21.7 Å². The number of pyridine rings is 1. The highest BCUT2D eigenvalue weighted by Crippen LogP contribution is 2.18. The molecule has 2 nitrogen and oxygen atoms in total. The molecule has 3 heteroatoms. The van der Waals surface area contributed by atoms with Gasteiger partial charge < -0.3 is 5.32 Å². The van der Waals surface area contributed by atoms with Crippen LogP contribution in [0.25, 0.3) is 0 Å². The van der Waals surface area contributed by atoms with Crippen LogP contribution in [0.15, 0.2) is 16.7 Å². The fraction of sp³-hybridized carbons (Fsp3) is 0.545. The highest BCUT2D eigenvalue weighted by atomic mass is 79.9. The van der Waals surface area contributed by atoms with Gasteiger partial charge in [0.05, 0.1) is 0 Å². The summed E-state index contributed by atoms with van der Waals surface area (Å²) in [6.07, 6.45) is 1.84. The predicted octanol–water partition coefficient (Wildman–Crippen LogP) is 3.61. The van der Waals surface area contributed by atoms with Crippen molar-refractivity contribution in [2.75, 3.05) is 5.32 Å². The van der Waals surface area contributed by atoms with Crippen molar-refractivity contribution in [2.24, 2.45) is 5.92 Å². The quantitative estimate of drug-likeness (QED) is 0.894. The lowest BCUT2D eigenvalue weighted by Gasteiger charge is -2.18. The number of nitrogens with one attached hydrogen (secondary N) is 1. The van der Waals surface area contributed by atoms with Crippen molar-refractivity contribution in [1.82, 2.24) is 4.98 Å². The maximum absolute atomic E-state index is 4.30. The Labute approximate surface area is 94.3 Å². The Balaban J connectivity index is 2.73. The average molecular weight is 257 g/mol. The molecule has 78 valence electrons. The number of rotatable bonds is 3. The van der Waals surface area contributed by atoms with Gasteiger partial charge in [-0.15, -0.1) is 0 Å². The predicted molar refractivity (Wildman–Crippen MR) is 64.6 cm³/mol. The van der Waals surface area contributed by atoms with Crippen LogP contribution in [0.4, 0.5) is 5.82 Å². The lowest BCUT2D eigenvalue weighted by Crippen LogP contribution is -2.22. The van der Waals surface area contributed by atoms with Gasteiger partial charge in [0.2, 0.25) is 0 Å². The summed E-state index contributed by atoms with van der Waals surface area (Å²) in [5.41, 5.74) is 1.21. The highest BCUT2D eigenvalue weighted by molar-refractivity contribution is 9.10. The largest absolute Gasteiger partial charge is 0.367 e. The number of aromatic nitrogens is 1. The zero-order chi connectivity index (χ0) is 10.7. The number of anilines is 1. The Hall–Kier alpha value is -0.570. The molecule has 0 aliphatic carbocycles. The van der Waals surface area contributed by atoms with E-state index < -0.39 is 0 Å². The van der Waals surface area contributed by atoms with Gasteiger partial charge in [-0.2, -0.15) is 0 Å². The Bertz CT molecular complexity index is 310. The van der Waals surface area contributed by atoms with Gasteiger partial charge in [-0.25, -0.2) is 4.98 Å². The summed E-state index contributed by atoms with van der Waals surface area (Å²) in [5, 5.41) is 3.38. The molecule has 0 radical (unpaired) electrons. The average Bonchev–Trinajstić information content (AvgIpc) is 2.11. The summed E-state index contributed by atoms with van der Waals surface area (Å²) in [6, 6.07) is 2.51. The van der Waals surface area contributed by atoms with E-state index in [9.17, 15) is 0 Å². The van der Waals surface area contributed by atoms with Crippen LogP contribution in [0.3, 0.4) is 0 Å². The van der Waals surface area contributed by atoms with E-state index in [1.165, 1.54) is 5.56 Å². The first-order chi connectivity index (χ1) is 6.50. The second-order valence-electron chi connectivity index (χ2n) is 4.00. The molecular weight excluding hydrogens is 240 g/mol. The van der Waals surface area contributed by atoms with E-state index in [1.54, 1.807) is 0 Å². The van der Waals surface area contributed by atoms with Gasteiger partial charge in [-0.1, -0.05) is 13.8 Å². The van der Waals surface area contributed by atoms with Crippen molar-refractivity contribution in [3.05, 3.63) is 22.3 Å². The molecule has 1 N–H and O–H groups in total. The highest BCUT2D eigenvalue weighted by Gasteiger charge is 2.07. The lowest BCUT2D eigenvalue weighted by molar-refractivity contribution is 0.558. The van der Waals surface area contributed by atoms with Gasteiger partial charge in [0.1, 0.15) is 5.82 Å². The minimum Gasteiger partial charge on any atom is -0.367 e. The molecule has 1 aromatic heterocycles. The van der Waals surface area contributed by atoms with Crippen LogP contribution in [-0.2, 0) is 0 Å². The van der Waals surface area contributed by atoms with Gasteiger partial charge in [-0.3, -0.25) is 0 Å². The van der Waals surface area contributed by atoms with E-state index in [-0.39, 0.29) is 0 Å². The molecule has 1 unspecified atom stereocenters. The molecule has 0 bridgehead atoms. The molecule has 0 aromatic carbocycles. The van der Waals surface area contributed by atoms with Crippen molar-refractivity contribution in [2.45, 2.75) is 33.7 Å². The molecular formula is C11H17BrN2. The third-order valence-electron chi connectivity index (χ3n) is 2.42. The van der Waals surface area contributed by atoms with Crippen LogP contribution < -0.4 is 5.32 Å². The van der Waals surface area contributed by atoms with Crippen LogP contribution in [-0.4, -0.2) is 11.0 Å². The maximum atomic E-state index is 4.30. The Morgan fingerprint density at radius 1 is 1.36 bits per heavy atom. The van der Waals surface area contributed by atoms with E-state index in [4.69, 9.17) is 0 Å². The number of halogens is 1. The Kier molecular flexibility index (Phi) is 3.93. The summed E-state index contributed by atoms with van der Waals surface area (Å²) in [5.74, 6) is 1.56. The molecule has 1 atom stereocenters. The minimum absolute atomic E-state index is 0.447. The van der Waals surface area contributed by atoms with Gasteiger partial charge >= 0.3 is 0 Å². The molecule has 0 saturated carbocycles. The molecule has 0 fully saturated rings. The van der Waals surface area contributed by atoms with Crippen LogP contribution >= 0.6 is 15.9 Å². The Morgan fingerprint density at radius 3 is 2.50 bits per heavy atom. The molecule has 1 heterocycles. The summed E-state index contributed by atoms with van der Waals surface area (Å²) >= 11 is 3.43. The molecule has 0 aliphatic rings. The first-order valence-electron chi connectivity index (χ1n) is 4.89. The summed E-state index contributed by atoms with van der Waals surface area (Å²) in [7, 11) is 0. The van der Waals surface area contributed by atoms with Crippen molar-refractivity contribution in [1.29, 1.82) is 0 Å². The third kappa shape index (κ3) is 2.98. The zero-order valence-electron chi connectivity index (χ0n) is 9.13. The lowest BCUT2D eigenvalue weighted by atomic mass is 10.1. The molecule has 1 aromatic rings. The maximum Gasteiger partial charge on any atom is 0.126 e. The molecule has 1 rings (SSSR count). The minimum atomic E-state index is 0.447. The van der Waals surface area contributed by atoms with E-state index in [1.807, 2.05) is 6.20 Å². The van der Waals surface area contributed by atoms with Crippen LogP contribution in [0.5, 0.6) is 0 Å². The van der Waals surface area contributed by atoms with E-state index >= 15 is 0 Å². The first-order valence-corrected chi connectivity index (χ1v) is 5.68. The van der Waals surface area contributed by atoms with Crippen LogP contribution in [0, 0.1) is 12.8 Å². The SMILES string of the molecule is Cc1cc(NC(C)C(C)C)ncc1Br. The molecule has 0 spiro atoms. The van der Waals surface area contributed by atoms with E-state index in [2.05, 4.69) is 60.0 Å². The van der Waals surface area contributed by atoms with Gasteiger partial charge in [-0.05, 0) is 47.3 Å². The monoisotopic (exact) mass is 256 g/mol. The number of hydrogen-bond donors (Lipinski definition) is 1. The van der Waals surface area contributed by atoms with Crippen LogP contribution in [0.2, 0.25) is 0 Å². The molecule has 0 saturated heterocycles. The standard InChI is InChI=1S/C11H17BrN2/c1-7(2)9(4)14-11-5-8(3)10(12)6-13-11/h5-7,9H,1-4H3,(H,13,14). The summed E-state index contributed by atoms with van der Waals surface area (Å²) in [6.45, 7) is 8.63. The molecule has 14 heavy (non-hydrogen) atoms. The van der Waals surface area contributed by atoms with Crippen molar-refractivity contribution in [3.63, 3.8) is 0 Å². The number of nitrogens with zero attached hydrogens (tertiary/aromatic N) is 1. The fourth-order valence-corrected chi connectivity index (χ4v) is 1.24. The van der Waals surface area contributed by atoms with Gasteiger partial charge in [0, 0.05) is 16.7 Å². The second-order valence-corrected chi connectivity index (χ2v) is 4.85. The van der Waals surface area contributed by atoms with Crippen molar-refractivity contribution < 1.29 is 0 Å². The zero-order valence-corrected chi connectivity index (χ0v) is 10.7. The van der Waals surface area contributed by atoms with Gasteiger partial charge in [0.25, 0.3) is 0 Å². The van der Waals surface area contributed by atoms with Gasteiger partial charge in [0.15, 0.2) is 0 Å². The fourth-order valence-electron chi connectivity index (χ4n) is 1.02. The number of hydrogen-bond acceptors (Lipinski definition) is 2. The smallest absolute Gasteiger partial charge is 0.126 e. The first kappa shape index (κ1) is 11.5. The van der Waals surface area contributed by atoms with Crippen LogP contribution in [0.1, 0.15) is 26.3 Å². The summed E-state index contributed by atoms with van der Waals surface area (Å²) in [4.78, 5) is 4.30. The third-order valence-corrected chi connectivity index (χ3v) is 3.25. The topological polar surface area (TPSA) is 24.9 Å². The normalized spacial score (nSPS) is 13.0. The Morgan fingerprint density at radius 2 is 2.00 bits per heavy atom. The van der Waals surface area contributed by atoms with Crippen molar-refractivity contribution in [3.8, 4) is 0 Å². The van der Waals surface area contributed by atoms with E-state index in [0.29, 0.717) is 12.0 Å². The second kappa shape index (κ2) is 4.78. The number of aryl methyl sites for hydroxylation is 1.